The summed E-state index contributed by atoms with van der Waals surface area (Å²) in [5.74, 6) is -1.34. The van der Waals surface area contributed by atoms with Crippen LogP contribution in [0, 0.1) is 5.92 Å². The van der Waals surface area contributed by atoms with Crippen molar-refractivity contribution < 1.29 is 19.1 Å². The molecule has 2 aromatic carbocycles. The van der Waals surface area contributed by atoms with Gasteiger partial charge in [0.15, 0.2) is 6.61 Å². The molecule has 1 saturated heterocycles. The first-order valence-corrected chi connectivity index (χ1v) is 11.2. The number of nitrogens with zero attached hydrogens (tertiary/aromatic N) is 2. The summed E-state index contributed by atoms with van der Waals surface area (Å²) < 4.78 is 5.29. The number of thioether (sulfide) groups is 1. The van der Waals surface area contributed by atoms with E-state index in [0.29, 0.717) is 13.1 Å². The zero-order valence-electron chi connectivity index (χ0n) is 16.9. The van der Waals surface area contributed by atoms with Crippen molar-refractivity contribution in [3.8, 4) is 0 Å². The summed E-state index contributed by atoms with van der Waals surface area (Å²) >= 11 is 1.63. The second-order valence-corrected chi connectivity index (χ2v) is 8.42. The zero-order chi connectivity index (χ0) is 21.1. The Bertz CT molecular complexity index is 960. The number of carbonyl (C=O) groups is 3. The van der Waals surface area contributed by atoms with E-state index in [9.17, 15) is 14.4 Å². The maximum absolute atomic E-state index is 12.5. The predicted octanol–water partition coefficient (Wildman–Crippen LogP) is 2.89. The van der Waals surface area contributed by atoms with Gasteiger partial charge in [0, 0.05) is 36.6 Å². The predicted molar refractivity (Wildman–Crippen MR) is 115 cm³/mol. The summed E-state index contributed by atoms with van der Waals surface area (Å²) in [6.07, 6.45) is 2.90. The third-order valence-electron chi connectivity index (χ3n) is 5.66. The summed E-state index contributed by atoms with van der Waals surface area (Å²) in [5.41, 5.74) is 3.16. The fourth-order valence-electron chi connectivity index (χ4n) is 3.93. The lowest BCUT2D eigenvalue weighted by Crippen LogP contribution is -2.39. The van der Waals surface area contributed by atoms with Gasteiger partial charge in [-0.3, -0.25) is 14.4 Å². The first kappa shape index (κ1) is 20.5. The fraction of sp³-hybridized carbons (Fsp3) is 0.348. The number of hydrogen-bond donors (Lipinski definition) is 0. The van der Waals surface area contributed by atoms with Crippen LogP contribution >= 0.6 is 11.8 Å². The van der Waals surface area contributed by atoms with Gasteiger partial charge in [0.1, 0.15) is 0 Å². The molecule has 2 aliphatic rings. The van der Waals surface area contributed by atoms with Gasteiger partial charge in [0.2, 0.25) is 5.91 Å². The van der Waals surface area contributed by atoms with E-state index in [1.54, 1.807) is 21.6 Å². The summed E-state index contributed by atoms with van der Waals surface area (Å²) in [5, 5.41) is 0. The van der Waals surface area contributed by atoms with E-state index in [-0.39, 0.29) is 31.4 Å². The van der Waals surface area contributed by atoms with Crippen LogP contribution in [0.5, 0.6) is 0 Å². The number of ether oxygens (including phenoxy) is 1. The number of carbonyl (C=O) groups excluding carboxylic acids is 3. The van der Waals surface area contributed by atoms with Crippen LogP contribution in [0.4, 0.5) is 5.69 Å². The van der Waals surface area contributed by atoms with Crippen LogP contribution in [0.25, 0.3) is 0 Å². The lowest BCUT2D eigenvalue weighted by molar-refractivity contribution is -0.155. The third-order valence-corrected chi connectivity index (χ3v) is 6.41. The van der Waals surface area contributed by atoms with Crippen molar-refractivity contribution in [2.24, 2.45) is 5.92 Å². The van der Waals surface area contributed by atoms with Crippen molar-refractivity contribution in [1.82, 2.24) is 4.90 Å². The van der Waals surface area contributed by atoms with E-state index in [1.807, 2.05) is 48.7 Å². The number of rotatable bonds is 5. The Hall–Kier alpha value is -2.80. The molecule has 1 unspecified atom stereocenters. The largest absolute Gasteiger partial charge is 0.455 e. The lowest BCUT2D eigenvalue weighted by atomic mass is 10.00. The van der Waals surface area contributed by atoms with Crippen LogP contribution in [-0.4, -0.2) is 48.6 Å². The van der Waals surface area contributed by atoms with Crippen molar-refractivity contribution in [3.63, 3.8) is 0 Å². The highest BCUT2D eigenvalue weighted by atomic mass is 32.2. The van der Waals surface area contributed by atoms with Crippen LogP contribution in [0.2, 0.25) is 0 Å². The summed E-state index contributed by atoms with van der Waals surface area (Å²) in [6.45, 7) is 1.15. The standard InChI is InChI=1S/C23H24N2O4S/c1-30-20-8-6-19(7-9-20)25-14-18(12-21(25)26)23(28)29-15-22(27)24-11-10-16-4-2-3-5-17(16)13-24/h2-9,18H,10-15H2,1H3. The molecule has 0 saturated carbocycles. The molecule has 4 rings (SSSR count). The molecule has 156 valence electrons. The minimum Gasteiger partial charge on any atom is -0.455 e. The molecule has 0 bridgehead atoms. The van der Waals surface area contributed by atoms with Crippen LogP contribution in [0.3, 0.4) is 0 Å². The van der Waals surface area contributed by atoms with Gasteiger partial charge in [-0.15, -0.1) is 11.8 Å². The molecule has 0 aromatic heterocycles. The number of hydrogen-bond acceptors (Lipinski definition) is 5. The smallest absolute Gasteiger partial charge is 0.311 e. The minimum atomic E-state index is -0.549. The SMILES string of the molecule is CSc1ccc(N2CC(C(=O)OCC(=O)N3CCc4ccccc4C3)CC2=O)cc1. The molecule has 1 fully saturated rings. The van der Waals surface area contributed by atoms with Crippen molar-refractivity contribution in [2.45, 2.75) is 24.3 Å². The highest BCUT2D eigenvalue weighted by Gasteiger charge is 2.36. The molecule has 2 aromatic rings. The first-order valence-electron chi connectivity index (χ1n) is 10.0. The van der Waals surface area contributed by atoms with Gasteiger partial charge in [-0.2, -0.15) is 0 Å². The van der Waals surface area contributed by atoms with Crippen molar-refractivity contribution in [2.75, 3.05) is 30.9 Å². The summed E-state index contributed by atoms with van der Waals surface area (Å²) in [6, 6.07) is 15.7. The minimum absolute atomic E-state index is 0.104. The molecular formula is C23H24N2O4S. The molecule has 2 heterocycles. The number of benzene rings is 2. The highest BCUT2D eigenvalue weighted by molar-refractivity contribution is 7.98. The molecule has 1 atom stereocenters. The summed E-state index contributed by atoms with van der Waals surface area (Å²) in [4.78, 5) is 41.8. The molecule has 2 aliphatic heterocycles. The molecule has 0 N–H and O–H groups in total. The van der Waals surface area contributed by atoms with Gasteiger partial charge in [0.25, 0.3) is 5.91 Å². The van der Waals surface area contributed by atoms with Gasteiger partial charge in [0.05, 0.1) is 5.92 Å². The molecule has 0 spiro atoms. The molecule has 0 aliphatic carbocycles. The van der Waals surface area contributed by atoms with E-state index in [4.69, 9.17) is 4.74 Å². The van der Waals surface area contributed by atoms with E-state index in [0.717, 1.165) is 22.6 Å². The van der Waals surface area contributed by atoms with Crippen LogP contribution in [-0.2, 0) is 32.1 Å². The second kappa shape index (κ2) is 8.92. The van der Waals surface area contributed by atoms with Crippen molar-refractivity contribution in [1.29, 1.82) is 0 Å². The van der Waals surface area contributed by atoms with E-state index >= 15 is 0 Å². The van der Waals surface area contributed by atoms with Gasteiger partial charge in [-0.1, -0.05) is 24.3 Å². The molecule has 7 heteroatoms. The van der Waals surface area contributed by atoms with Crippen LogP contribution < -0.4 is 4.90 Å². The normalized spacial score (nSPS) is 18.3. The fourth-order valence-corrected chi connectivity index (χ4v) is 4.34. The van der Waals surface area contributed by atoms with Gasteiger partial charge >= 0.3 is 5.97 Å². The maximum atomic E-state index is 12.5. The average molecular weight is 425 g/mol. The Morgan fingerprint density at radius 3 is 2.57 bits per heavy atom. The Morgan fingerprint density at radius 2 is 1.83 bits per heavy atom. The Balaban J connectivity index is 1.30. The van der Waals surface area contributed by atoms with Gasteiger partial charge in [-0.25, -0.2) is 0 Å². The average Bonchev–Trinajstić information content (AvgIpc) is 3.18. The molecule has 0 radical (unpaired) electrons. The second-order valence-electron chi connectivity index (χ2n) is 7.55. The number of anilines is 1. The van der Waals surface area contributed by atoms with E-state index < -0.39 is 11.9 Å². The van der Waals surface area contributed by atoms with Crippen LogP contribution in [0.1, 0.15) is 17.5 Å². The van der Waals surface area contributed by atoms with Crippen LogP contribution in [0.15, 0.2) is 53.4 Å². The number of esters is 1. The maximum Gasteiger partial charge on any atom is 0.311 e. The monoisotopic (exact) mass is 424 g/mol. The molecule has 6 nitrogen and oxygen atoms in total. The van der Waals surface area contributed by atoms with Gasteiger partial charge < -0.3 is 14.5 Å². The zero-order valence-corrected chi connectivity index (χ0v) is 17.7. The molecule has 30 heavy (non-hydrogen) atoms. The van der Waals surface area contributed by atoms with E-state index in [2.05, 4.69) is 6.07 Å². The van der Waals surface area contributed by atoms with Gasteiger partial charge in [-0.05, 0) is 48.1 Å². The van der Waals surface area contributed by atoms with Crippen molar-refractivity contribution in [3.05, 3.63) is 59.7 Å². The first-order chi connectivity index (χ1) is 14.5. The quantitative estimate of drug-likeness (QED) is 0.545. The Kier molecular flexibility index (Phi) is 6.08. The number of fused-ring (bicyclic) bond motifs is 1. The summed E-state index contributed by atoms with van der Waals surface area (Å²) in [7, 11) is 0. The lowest BCUT2D eigenvalue weighted by Gasteiger charge is -2.28. The molecule has 2 amide bonds. The molecular weight excluding hydrogens is 400 g/mol. The third kappa shape index (κ3) is 4.36. The Morgan fingerprint density at radius 1 is 1.10 bits per heavy atom. The highest BCUT2D eigenvalue weighted by Crippen LogP contribution is 2.28. The van der Waals surface area contributed by atoms with Crippen molar-refractivity contribution >= 4 is 35.2 Å². The number of amides is 2. The van der Waals surface area contributed by atoms with E-state index in [1.165, 1.54) is 5.56 Å². The topological polar surface area (TPSA) is 66.9 Å². The Labute approximate surface area is 180 Å².